The molecule has 2 bridgehead atoms. The van der Waals surface area contributed by atoms with Gasteiger partial charge in [-0.05, 0) is 74.9 Å². The third kappa shape index (κ3) is 3.56. The van der Waals surface area contributed by atoms with Crippen LogP contribution in [0, 0.1) is 17.8 Å². The van der Waals surface area contributed by atoms with Gasteiger partial charge in [0.2, 0.25) is 5.91 Å². The Hall–Kier alpha value is -0.840. The van der Waals surface area contributed by atoms with Crippen molar-refractivity contribution in [2.75, 3.05) is 26.2 Å². The van der Waals surface area contributed by atoms with Gasteiger partial charge in [0.25, 0.3) is 0 Å². The van der Waals surface area contributed by atoms with E-state index in [2.05, 4.69) is 15.1 Å². The highest BCUT2D eigenvalue weighted by Gasteiger charge is 2.40. The highest BCUT2D eigenvalue weighted by atomic mass is 32.1. The predicted octanol–water partition coefficient (Wildman–Crippen LogP) is 2.77. The summed E-state index contributed by atoms with van der Waals surface area (Å²) in [5.74, 6) is 2.76. The lowest BCUT2D eigenvalue weighted by atomic mass is 9.93. The van der Waals surface area contributed by atoms with Gasteiger partial charge in [0.15, 0.2) is 5.11 Å². The molecule has 0 radical (unpaired) electrons. The summed E-state index contributed by atoms with van der Waals surface area (Å²) in [6, 6.07) is 0.630. The Balaban J connectivity index is 1.19. The van der Waals surface area contributed by atoms with Gasteiger partial charge in [0, 0.05) is 38.6 Å². The van der Waals surface area contributed by atoms with Gasteiger partial charge in [-0.15, -0.1) is 0 Å². The van der Waals surface area contributed by atoms with Crippen LogP contribution in [-0.4, -0.2) is 53.0 Å². The van der Waals surface area contributed by atoms with Crippen LogP contribution >= 0.6 is 12.2 Å². The van der Waals surface area contributed by atoms with E-state index >= 15 is 0 Å². The van der Waals surface area contributed by atoms with Crippen LogP contribution in [0.4, 0.5) is 0 Å². The number of nitrogens with one attached hydrogen (secondary N) is 1. The second-order valence-electron chi connectivity index (χ2n) is 8.45. The molecule has 2 saturated carbocycles. The first-order valence-corrected chi connectivity index (χ1v) is 10.4. The third-order valence-corrected chi connectivity index (χ3v) is 7.25. The number of piperidine rings is 1. The maximum Gasteiger partial charge on any atom is 0.222 e. The maximum absolute atomic E-state index is 12.3. The van der Waals surface area contributed by atoms with Crippen LogP contribution in [0.1, 0.15) is 57.8 Å². The number of nitrogens with zero attached hydrogens (tertiary/aromatic N) is 2. The quantitative estimate of drug-likeness (QED) is 0.795. The van der Waals surface area contributed by atoms with E-state index < -0.39 is 0 Å². The van der Waals surface area contributed by atoms with Gasteiger partial charge in [0.1, 0.15) is 0 Å². The average Bonchev–Trinajstić information content (AvgIpc) is 3.33. The number of amides is 1. The normalized spacial score (nSPS) is 33.2. The van der Waals surface area contributed by atoms with Crippen LogP contribution in [0.5, 0.6) is 0 Å². The Morgan fingerprint density at radius 2 is 1.71 bits per heavy atom. The fourth-order valence-corrected chi connectivity index (χ4v) is 5.69. The van der Waals surface area contributed by atoms with Crippen LogP contribution in [0.2, 0.25) is 0 Å². The van der Waals surface area contributed by atoms with Crippen molar-refractivity contribution in [1.82, 2.24) is 15.1 Å². The zero-order valence-electron chi connectivity index (χ0n) is 14.7. The summed E-state index contributed by atoms with van der Waals surface area (Å²) >= 11 is 5.68. The molecule has 3 atom stereocenters. The van der Waals surface area contributed by atoms with E-state index in [-0.39, 0.29) is 0 Å². The van der Waals surface area contributed by atoms with Crippen molar-refractivity contribution in [1.29, 1.82) is 0 Å². The van der Waals surface area contributed by atoms with Crippen LogP contribution in [0.15, 0.2) is 0 Å². The molecular formula is C19H31N3OS. The summed E-state index contributed by atoms with van der Waals surface area (Å²) in [6.07, 6.45) is 10.9. The summed E-state index contributed by atoms with van der Waals surface area (Å²) in [5, 5.41) is 4.63. The van der Waals surface area contributed by atoms with Crippen LogP contribution < -0.4 is 5.32 Å². The molecule has 4 aliphatic rings. The van der Waals surface area contributed by atoms with Crippen LogP contribution in [0.3, 0.4) is 0 Å². The molecule has 0 spiro atoms. The molecule has 134 valence electrons. The Labute approximate surface area is 151 Å². The number of likely N-dealkylation sites (tertiary alicyclic amines) is 2. The summed E-state index contributed by atoms with van der Waals surface area (Å²) < 4.78 is 0. The topological polar surface area (TPSA) is 35.6 Å². The predicted molar refractivity (Wildman–Crippen MR) is 99.7 cm³/mol. The second-order valence-corrected chi connectivity index (χ2v) is 8.84. The number of carbonyl (C=O) groups excluding carboxylic acids is 1. The monoisotopic (exact) mass is 349 g/mol. The first-order valence-electron chi connectivity index (χ1n) is 10.0. The molecular weight excluding hydrogens is 318 g/mol. The first-order chi connectivity index (χ1) is 11.7. The Bertz CT molecular complexity index is 483. The molecule has 4 nitrogen and oxygen atoms in total. The van der Waals surface area contributed by atoms with E-state index in [0.717, 1.165) is 62.4 Å². The van der Waals surface area contributed by atoms with Crippen LogP contribution in [-0.2, 0) is 4.79 Å². The number of thiocarbonyl (C=S) groups is 1. The minimum atomic E-state index is 0.383. The molecule has 4 rings (SSSR count). The fourth-order valence-electron chi connectivity index (χ4n) is 5.35. The highest BCUT2D eigenvalue weighted by Crippen LogP contribution is 2.44. The maximum atomic E-state index is 12.3. The highest BCUT2D eigenvalue weighted by molar-refractivity contribution is 7.80. The van der Waals surface area contributed by atoms with Gasteiger partial charge in [-0.2, -0.15) is 0 Å². The first kappa shape index (κ1) is 16.6. The third-order valence-electron chi connectivity index (χ3n) is 6.87. The molecule has 2 saturated heterocycles. The zero-order chi connectivity index (χ0) is 16.5. The van der Waals surface area contributed by atoms with Crippen molar-refractivity contribution in [3.8, 4) is 0 Å². The molecule has 2 heterocycles. The second kappa shape index (κ2) is 7.19. The number of carbonyl (C=O) groups is 1. The molecule has 1 amide bonds. The summed E-state index contributed by atoms with van der Waals surface area (Å²) in [7, 11) is 0. The van der Waals surface area contributed by atoms with E-state index in [1.54, 1.807) is 0 Å². The van der Waals surface area contributed by atoms with Gasteiger partial charge in [-0.3, -0.25) is 4.79 Å². The number of hydrogen-bond acceptors (Lipinski definition) is 2. The van der Waals surface area contributed by atoms with E-state index in [1.807, 2.05) is 0 Å². The lowest BCUT2D eigenvalue weighted by Gasteiger charge is -2.36. The average molecular weight is 350 g/mol. The Morgan fingerprint density at radius 1 is 0.958 bits per heavy atom. The number of fused-ring (bicyclic) bond motifs is 2. The molecule has 0 unspecified atom stereocenters. The van der Waals surface area contributed by atoms with Crippen molar-refractivity contribution in [3.63, 3.8) is 0 Å². The lowest BCUT2D eigenvalue weighted by molar-refractivity contribution is -0.131. The molecule has 1 N–H and O–H groups in total. The fraction of sp³-hybridized carbons (Fsp3) is 0.895. The van der Waals surface area contributed by atoms with Gasteiger partial charge in [-0.1, -0.05) is 6.42 Å². The minimum absolute atomic E-state index is 0.383. The molecule has 2 aliphatic heterocycles. The van der Waals surface area contributed by atoms with E-state index in [1.165, 1.54) is 38.5 Å². The van der Waals surface area contributed by atoms with Crippen molar-refractivity contribution in [2.24, 2.45) is 17.8 Å². The molecule has 0 aromatic rings. The smallest absolute Gasteiger partial charge is 0.222 e. The summed E-state index contributed by atoms with van der Waals surface area (Å²) in [6.45, 7) is 4.00. The van der Waals surface area contributed by atoms with Gasteiger partial charge in [0.05, 0.1) is 0 Å². The zero-order valence-corrected chi connectivity index (χ0v) is 15.5. The number of hydrogen-bond donors (Lipinski definition) is 1. The van der Waals surface area contributed by atoms with Crippen molar-refractivity contribution in [3.05, 3.63) is 0 Å². The lowest BCUT2D eigenvalue weighted by Crippen LogP contribution is -2.49. The standard InChI is InChI=1S/C19H31N3OS/c23-18(21-7-1-2-8-21)13-14-5-9-22(10-6-14)19(24)20-17-12-15-3-4-16(17)11-15/h14-17H,1-13H2,(H,20,24)/t15-,16-,17+/m0/s1. The number of rotatable bonds is 3. The molecule has 0 aromatic carbocycles. The summed E-state index contributed by atoms with van der Waals surface area (Å²) in [4.78, 5) is 16.7. The summed E-state index contributed by atoms with van der Waals surface area (Å²) in [5.41, 5.74) is 0. The SMILES string of the molecule is O=C(CC1CCN(C(=S)N[C@@H]2C[C@H]3CC[C@H]2C3)CC1)N1CCCC1. The minimum Gasteiger partial charge on any atom is -0.360 e. The Morgan fingerprint density at radius 3 is 2.33 bits per heavy atom. The van der Waals surface area contributed by atoms with Crippen LogP contribution in [0.25, 0.3) is 0 Å². The molecule has 24 heavy (non-hydrogen) atoms. The molecule has 2 aliphatic carbocycles. The molecule has 5 heteroatoms. The molecule has 0 aromatic heterocycles. The van der Waals surface area contributed by atoms with E-state index in [9.17, 15) is 4.79 Å². The van der Waals surface area contributed by atoms with Crippen molar-refractivity contribution >= 4 is 23.2 Å². The van der Waals surface area contributed by atoms with Crippen molar-refractivity contribution in [2.45, 2.75) is 63.8 Å². The largest absolute Gasteiger partial charge is 0.360 e. The van der Waals surface area contributed by atoms with Gasteiger partial charge in [-0.25, -0.2) is 0 Å². The molecule has 4 fully saturated rings. The van der Waals surface area contributed by atoms with Gasteiger partial charge < -0.3 is 15.1 Å². The van der Waals surface area contributed by atoms with E-state index in [0.29, 0.717) is 17.9 Å². The van der Waals surface area contributed by atoms with E-state index in [4.69, 9.17) is 12.2 Å². The van der Waals surface area contributed by atoms with Gasteiger partial charge >= 0.3 is 0 Å². The van der Waals surface area contributed by atoms with Crippen molar-refractivity contribution < 1.29 is 4.79 Å². The Kier molecular flexibility index (Phi) is 4.98.